The lowest BCUT2D eigenvalue weighted by atomic mass is 10.1. The average Bonchev–Trinajstić information content (AvgIpc) is 3.14. The van der Waals surface area contributed by atoms with Gasteiger partial charge in [-0.1, -0.05) is 17.4 Å². The average molecular weight is 500 g/mol. The molecule has 32 heavy (non-hydrogen) atoms. The van der Waals surface area contributed by atoms with Gasteiger partial charge in [0.25, 0.3) is 0 Å². The predicted octanol–water partition coefficient (Wildman–Crippen LogP) is 4.23. The second-order valence-corrected chi connectivity index (χ2v) is 10.8. The highest BCUT2D eigenvalue weighted by atomic mass is 35.5. The van der Waals surface area contributed by atoms with Crippen LogP contribution >= 0.6 is 23.7 Å². The van der Waals surface area contributed by atoms with Crippen molar-refractivity contribution in [1.82, 2.24) is 9.88 Å². The second-order valence-electron chi connectivity index (χ2n) is 7.72. The van der Waals surface area contributed by atoms with E-state index in [4.69, 9.17) is 4.98 Å². The standard InChI is InChI=1S/C22H26FN3O3S2.ClH/c1-15-5-10-19-21(16(15)2)24-22(30-19)26(13-12-25(3)4)20(27)11-14-31(28,29)18-8-6-17(23)7-9-18;/h5-10H,11-14H2,1-4H3;1H. The molecule has 10 heteroatoms. The Hall–Kier alpha value is -2.07. The van der Waals surface area contributed by atoms with Gasteiger partial charge in [0.1, 0.15) is 5.82 Å². The molecule has 0 atom stereocenters. The summed E-state index contributed by atoms with van der Waals surface area (Å²) in [6.45, 7) is 5.04. The van der Waals surface area contributed by atoms with E-state index in [9.17, 15) is 17.6 Å². The highest BCUT2D eigenvalue weighted by molar-refractivity contribution is 7.91. The molecule has 3 rings (SSSR count). The Morgan fingerprint density at radius 1 is 1.06 bits per heavy atom. The van der Waals surface area contributed by atoms with Crippen molar-refractivity contribution in [1.29, 1.82) is 0 Å². The largest absolute Gasteiger partial charge is 0.308 e. The molecular weight excluding hydrogens is 473 g/mol. The molecule has 0 aliphatic rings. The number of anilines is 1. The van der Waals surface area contributed by atoms with E-state index in [0.29, 0.717) is 18.2 Å². The molecule has 0 saturated heterocycles. The molecule has 3 aromatic rings. The lowest BCUT2D eigenvalue weighted by molar-refractivity contribution is -0.118. The molecule has 0 N–H and O–H groups in total. The van der Waals surface area contributed by atoms with Gasteiger partial charge in [0.15, 0.2) is 15.0 Å². The van der Waals surface area contributed by atoms with E-state index in [1.165, 1.54) is 23.5 Å². The number of aryl methyl sites for hydroxylation is 2. The zero-order valence-electron chi connectivity index (χ0n) is 18.5. The summed E-state index contributed by atoms with van der Waals surface area (Å²) in [5.41, 5.74) is 3.06. The minimum atomic E-state index is -3.70. The van der Waals surface area contributed by atoms with Crippen molar-refractivity contribution < 1.29 is 17.6 Å². The number of nitrogens with zero attached hydrogens (tertiary/aromatic N) is 3. The van der Waals surface area contributed by atoms with E-state index in [1.54, 1.807) is 4.90 Å². The van der Waals surface area contributed by atoms with Crippen molar-refractivity contribution in [3.05, 3.63) is 53.3 Å². The van der Waals surface area contributed by atoms with Crippen LogP contribution in [-0.2, 0) is 14.6 Å². The van der Waals surface area contributed by atoms with Crippen molar-refractivity contribution in [2.75, 3.05) is 37.8 Å². The number of likely N-dealkylation sites (N-methyl/N-ethyl adjacent to an activating group) is 1. The smallest absolute Gasteiger partial charge is 0.229 e. The van der Waals surface area contributed by atoms with Crippen molar-refractivity contribution in [2.45, 2.75) is 25.2 Å². The number of sulfone groups is 1. The first-order chi connectivity index (χ1) is 14.6. The van der Waals surface area contributed by atoms with Gasteiger partial charge in [-0.25, -0.2) is 17.8 Å². The summed E-state index contributed by atoms with van der Waals surface area (Å²) >= 11 is 1.42. The summed E-state index contributed by atoms with van der Waals surface area (Å²) in [5.74, 6) is -1.16. The van der Waals surface area contributed by atoms with Crippen LogP contribution in [0.25, 0.3) is 10.2 Å². The molecular formula is C22H27ClFN3O3S2. The molecule has 6 nitrogen and oxygen atoms in total. The van der Waals surface area contributed by atoms with Gasteiger partial charge < -0.3 is 4.90 Å². The number of rotatable bonds is 8. The van der Waals surface area contributed by atoms with Crippen LogP contribution < -0.4 is 4.90 Å². The quantitative estimate of drug-likeness (QED) is 0.434. The fraction of sp³-hybridized carbons (Fsp3) is 0.364. The van der Waals surface area contributed by atoms with E-state index in [0.717, 1.165) is 33.5 Å². The molecule has 0 radical (unpaired) electrons. The summed E-state index contributed by atoms with van der Waals surface area (Å²) in [6, 6.07) is 8.66. The first-order valence-corrected chi connectivity index (χ1v) is 12.4. The van der Waals surface area contributed by atoms with Crippen LogP contribution in [0.3, 0.4) is 0 Å². The first-order valence-electron chi connectivity index (χ1n) is 9.88. The molecule has 1 aromatic heterocycles. The summed E-state index contributed by atoms with van der Waals surface area (Å²) in [5, 5.41) is 0.565. The third-order valence-electron chi connectivity index (χ3n) is 5.13. The lowest BCUT2D eigenvalue weighted by Gasteiger charge is -2.22. The third-order valence-corrected chi connectivity index (χ3v) is 7.91. The topological polar surface area (TPSA) is 70.6 Å². The number of carbonyl (C=O) groups is 1. The monoisotopic (exact) mass is 499 g/mol. The summed E-state index contributed by atoms with van der Waals surface area (Å²) in [7, 11) is 0.123. The fourth-order valence-electron chi connectivity index (χ4n) is 3.07. The van der Waals surface area contributed by atoms with Gasteiger partial charge in [-0.3, -0.25) is 9.69 Å². The minimum absolute atomic E-state index is 0. The maximum Gasteiger partial charge on any atom is 0.229 e. The molecule has 1 amide bonds. The molecule has 0 fully saturated rings. The zero-order chi connectivity index (χ0) is 22.8. The number of carbonyl (C=O) groups excluding carboxylic acids is 1. The van der Waals surface area contributed by atoms with Crippen LogP contribution in [0.15, 0.2) is 41.3 Å². The normalized spacial score (nSPS) is 11.6. The summed E-state index contributed by atoms with van der Waals surface area (Å²) < 4.78 is 39.3. The van der Waals surface area contributed by atoms with E-state index in [-0.39, 0.29) is 35.4 Å². The lowest BCUT2D eigenvalue weighted by Crippen LogP contribution is -2.37. The zero-order valence-corrected chi connectivity index (χ0v) is 20.9. The maximum atomic E-state index is 13.1. The number of hydrogen-bond acceptors (Lipinski definition) is 6. The van der Waals surface area contributed by atoms with E-state index >= 15 is 0 Å². The van der Waals surface area contributed by atoms with Crippen molar-refractivity contribution in [3.63, 3.8) is 0 Å². The highest BCUT2D eigenvalue weighted by Crippen LogP contribution is 2.32. The van der Waals surface area contributed by atoms with Gasteiger partial charge in [0, 0.05) is 19.5 Å². The van der Waals surface area contributed by atoms with Crippen LogP contribution in [0.5, 0.6) is 0 Å². The number of amides is 1. The molecule has 0 unspecified atom stereocenters. The van der Waals surface area contributed by atoms with Gasteiger partial charge in [-0.15, -0.1) is 12.4 Å². The molecule has 1 heterocycles. The molecule has 0 aliphatic carbocycles. The Balaban J connectivity index is 0.00000363. The molecule has 2 aromatic carbocycles. The van der Waals surface area contributed by atoms with E-state index in [2.05, 4.69) is 0 Å². The van der Waals surface area contributed by atoms with Crippen LogP contribution in [-0.4, -0.2) is 57.1 Å². The third kappa shape index (κ3) is 6.04. The maximum absolute atomic E-state index is 13.1. The first kappa shape index (κ1) is 26.2. The number of benzene rings is 2. The number of thiazole rings is 1. The number of hydrogen-bond donors (Lipinski definition) is 0. The van der Waals surface area contributed by atoms with Crippen LogP contribution in [0.1, 0.15) is 17.5 Å². The van der Waals surface area contributed by atoms with Gasteiger partial charge >= 0.3 is 0 Å². The van der Waals surface area contributed by atoms with Crippen molar-refractivity contribution >= 4 is 54.8 Å². The fourth-order valence-corrected chi connectivity index (χ4v) is 5.37. The van der Waals surface area contributed by atoms with Gasteiger partial charge in [0.05, 0.1) is 20.9 Å². The molecule has 174 valence electrons. The SMILES string of the molecule is Cc1ccc2sc(N(CCN(C)C)C(=O)CCS(=O)(=O)c3ccc(F)cc3)nc2c1C.Cl. The van der Waals surface area contributed by atoms with E-state index < -0.39 is 15.7 Å². The predicted molar refractivity (Wildman–Crippen MR) is 130 cm³/mol. The Bertz CT molecular complexity index is 1200. The van der Waals surface area contributed by atoms with Gasteiger partial charge in [-0.2, -0.15) is 0 Å². The van der Waals surface area contributed by atoms with Crippen molar-refractivity contribution in [3.8, 4) is 0 Å². The molecule has 0 bridgehead atoms. The molecule has 0 aliphatic heterocycles. The van der Waals surface area contributed by atoms with Crippen LogP contribution in [0.4, 0.5) is 9.52 Å². The Labute approximate surface area is 198 Å². The number of fused-ring (bicyclic) bond motifs is 1. The summed E-state index contributed by atoms with van der Waals surface area (Å²) in [4.78, 5) is 21.3. The summed E-state index contributed by atoms with van der Waals surface area (Å²) in [6.07, 6.45) is -0.179. The minimum Gasteiger partial charge on any atom is -0.308 e. The van der Waals surface area contributed by atoms with Gasteiger partial charge in [0.2, 0.25) is 5.91 Å². The van der Waals surface area contributed by atoms with Gasteiger partial charge in [-0.05, 0) is 69.4 Å². The highest BCUT2D eigenvalue weighted by Gasteiger charge is 2.23. The molecule has 0 saturated carbocycles. The number of aromatic nitrogens is 1. The molecule has 0 spiro atoms. The van der Waals surface area contributed by atoms with Crippen LogP contribution in [0.2, 0.25) is 0 Å². The van der Waals surface area contributed by atoms with Crippen LogP contribution in [0, 0.1) is 19.7 Å². The second kappa shape index (κ2) is 10.7. The Kier molecular flexibility index (Phi) is 8.75. The Morgan fingerprint density at radius 2 is 1.72 bits per heavy atom. The van der Waals surface area contributed by atoms with Crippen molar-refractivity contribution in [2.24, 2.45) is 0 Å². The number of halogens is 2. The Morgan fingerprint density at radius 3 is 2.34 bits per heavy atom. The van der Waals surface area contributed by atoms with E-state index in [1.807, 2.05) is 45.0 Å².